The van der Waals surface area contributed by atoms with Gasteiger partial charge in [-0.3, -0.25) is 15.0 Å². The van der Waals surface area contributed by atoms with Gasteiger partial charge in [0.25, 0.3) is 5.91 Å². The van der Waals surface area contributed by atoms with Crippen LogP contribution in [0.4, 0.5) is 4.79 Å². The maximum atomic E-state index is 11.9. The molecule has 3 rings (SSSR count). The van der Waals surface area contributed by atoms with Crippen molar-refractivity contribution in [2.24, 2.45) is 0 Å². The molecule has 8 heteroatoms. The number of likely N-dealkylation sites (tertiary alicyclic amines) is 1. The van der Waals surface area contributed by atoms with Crippen molar-refractivity contribution < 1.29 is 18.7 Å². The fourth-order valence-corrected chi connectivity index (χ4v) is 3.30. The summed E-state index contributed by atoms with van der Waals surface area (Å²) in [6.45, 7) is 3.83. The lowest BCUT2D eigenvalue weighted by Gasteiger charge is -2.38. The number of carbonyl (C=O) groups excluding carboxylic acids is 2. The van der Waals surface area contributed by atoms with Gasteiger partial charge in [0.15, 0.2) is 10.9 Å². The smallest absolute Gasteiger partial charge is 0.410 e. The Morgan fingerprint density at radius 1 is 1.39 bits per heavy atom. The van der Waals surface area contributed by atoms with E-state index in [9.17, 15) is 9.59 Å². The van der Waals surface area contributed by atoms with E-state index in [0.717, 1.165) is 12.8 Å². The van der Waals surface area contributed by atoms with Crippen molar-refractivity contribution in [1.82, 2.24) is 15.1 Å². The van der Waals surface area contributed by atoms with E-state index in [4.69, 9.17) is 21.4 Å². The van der Waals surface area contributed by atoms with Gasteiger partial charge in [-0.2, -0.15) is 0 Å². The van der Waals surface area contributed by atoms with E-state index < -0.39 is 0 Å². The highest BCUT2D eigenvalue weighted by molar-refractivity contribution is 7.80. The lowest BCUT2D eigenvalue weighted by Crippen LogP contribution is -2.51. The fraction of sp³-hybridized carbons (Fsp3) is 0.533. The molecule has 7 nitrogen and oxygen atoms in total. The minimum atomic E-state index is -0.348. The normalized spacial score (nSPS) is 22.1. The van der Waals surface area contributed by atoms with Crippen molar-refractivity contribution in [2.75, 3.05) is 19.7 Å². The molecule has 0 aliphatic carbocycles. The van der Waals surface area contributed by atoms with Crippen LogP contribution in [0.2, 0.25) is 0 Å². The number of carbonyl (C=O) groups is 2. The molecular formula is C15H19N3O4S. The highest BCUT2D eigenvalue weighted by atomic mass is 32.1. The van der Waals surface area contributed by atoms with E-state index in [0.29, 0.717) is 24.8 Å². The third kappa shape index (κ3) is 3.31. The van der Waals surface area contributed by atoms with E-state index in [1.54, 1.807) is 12.1 Å². The van der Waals surface area contributed by atoms with Gasteiger partial charge in [-0.15, -0.1) is 0 Å². The molecule has 1 aromatic rings. The van der Waals surface area contributed by atoms with Gasteiger partial charge >= 0.3 is 6.09 Å². The van der Waals surface area contributed by atoms with E-state index >= 15 is 0 Å². The van der Waals surface area contributed by atoms with Crippen LogP contribution in [-0.4, -0.2) is 58.7 Å². The van der Waals surface area contributed by atoms with Gasteiger partial charge in [0, 0.05) is 19.1 Å². The second kappa shape index (κ2) is 6.57. The first-order chi connectivity index (χ1) is 11.1. The van der Waals surface area contributed by atoms with Crippen molar-refractivity contribution in [3.8, 4) is 0 Å². The molecule has 2 aliphatic heterocycles. The molecule has 2 amide bonds. The van der Waals surface area contributed by atoms with Crippen LogP contribution in [0.25, 0.3) is 0 Å². The number of piperidine rings is 1. The molecule has 0 spiro atoms. The van der Waals surface area contributed by atoms with Gasteiger partial charge in [0.1, 0.15) is 6.61 Å². The van der Waals surface area contributed by atoms with Crippen LogP contribution in [0.3, 0.4) is 0 Å². The van der Waals surface area contributed by atoms with Crippen LogP contribution < -0.4 is 5.32 Å². The molecule has 3 heterocycles. The highest BCUT2D eigenvalue weighted by Gasteiger charge is 2.37. The Morgan fingerprint density at radius 2 is 2.13 bits per heavy atom. The van der Waals surface area contributed by atoms with Crippen molar-refractivity contribution in [3.05, 3.63) is 24.2 Å². The minimum absolute atomic E-state index is 0.115. The van der Waals surface area contributed by atoms with Gasteiger partial charge in [-0.25, -0.2) is 4.79 Å². The summed E-state index contributed by atoms with van der Waals surface area (Å²) < 4.78 is 10.1. The number of cyclic esters (lactones) is 1. The van der Waals surface area contributed by atoms with E-state index in [2.05, 4.69) is 5.32 Å². The molecule has 23 heavy (non-hydrogen) atoms. The van der Waals surface area contributed by atoms with Crippen LogP contribution in [0, 0.1) is 0 Å². The maximum Gasteiger partial charge on any atom is 0.410 e. The summed E-state index contributed by atoms with van der Waals surface area (Å²) in [6.07, 6.45) is 2.82. The summed E-state index contributed by atoms with van der Waals surface area (Å²) >= 11 is 5.29. The predicted octanol–water partition coefficient (Wildman–Crippen LogP) is 1.60. The minimum Gasteiger partial charge on any atom is -0.459 e. The standard InChI is InChI=1S/C15H19N3O4S/c1-10-9-22-15(20)18(10)11-4-6-17(7-5-11)14(23)16-13(19)12-3-2-8-21-12/h2-3,8,10-11H,4-7,9H2,1H3,(H,16,19,23). The Balaban J connectivity index is 1.51. The molecular weight excluding hydrogens is 318 g/mol. The first-order valence-corrected chi connectivity index (χ1v) is 8.06. The number of nitrogens with one attached hydrogen (secondary N) is 1. The number of rotatable bonds is 2. The molecule has 0 aromatic carbocycles. The van der Waals surface area contributed by atoms with Crippen molar-refractivity contribution in [3.63, 3.8) is 0 Å². The fourth-order valence-electron chi connectivity index (χ4n) is 3.03. The van der Waals surface area contributed by atoms with Gasteiger partial charge < -0.3 is 14.1 Å². The third-order valence-corrected chi connectivity index (χ3v) is 4.60. The molecule has 0 saturated carbocycles. The summed E-state index contributed by atoms with van der Waals surface area (Å²) in [7, 11) is 0. The Hall–Kier alpha value is -2.09. The first kappa shape index (κ1) is 15.8. The number of nitrogens with zero attached hydrogens (tertiary/aromatic N) is 2. The number of hydrogen-bond donors (Lipinski definition) is 1. The average Bonchev–Trinajstić information content (AvgIpc) is 3.18. The molecule has 1 N–H and O–H groups in total. The Kier molecular flexibility index (Phi) is 4.51. The van der Waals surface area contributed by atoms with E-state index in [-0.39, 0.29) is 29.8 Å². The van der Waals surface area contributed by atoms with E-state index in [1.807, 2.05) is 16.7 Å². The quantitative estimate of drug-likeness (QED) is 0.826. The van der Waals surface area contributed by atoms with Crippen molar-refractivity contribution in [1.29, 1.82) is 0 Å². The Bertz CT molecular complexity index is 596. The third-order valence-electron chi connectivity index (χ3n) is 4.24. The summed E-state index contributed by atoms with van der Waals surface area (Å²) in [5.74, 6) is -0.116. The number of furan rings is 1. The molecule has 1 aromatic heterocycles. The Labute approximate surface area is 139 Å². The van der Waals surface area contributed by atoms with E-state index in [1.165, 1.54) is 6.26 Å². The summed E-state index contributed by atoms with van der Waals surface area (Å²) in [6, 6.07) is 3.52. The monoisotopic (exact) mass is 337 g/mol. The molecule has 2 saturated heterocycles. The van der Waals surface area contributed by atoms with Crippen LogP contribution >= 0.6 is 12.2 Å². The average molecular weight is 337 g/mol. The molecule has 2 aliphatic rings. The summed E-state index contributed by atoms with van der Waals surface area (Å²) in [5.41, 5.74) is 0. The van der Waals surface area contributed by atoms with Crippen LogP contribution in [0.5, 0.6) is 0 Å². The second-order valence-electron chi connectivity index (χ2n) is 5.79. The molecule has 124 valence electrons. The van der Waals surface area contributed by atoms with Crippen molar-refractivity contribution >= 4 is 29.3 Å². The van der Waals surface area contributed by atoms with Gasteiger partial charge in [0.05, 0.1) is 12.3 Å². The lowest BCUT2D eigenvalue weighted by molar-refractivity contribution is 0.0942. The zero-order valence-electron chi connectivity index (χ0n) is 12.9. The number of thiocarbonyl (C=S) groups is 1. The molecule has 2 fully saturated rings. The van der Waals surface area contributed by atoms with Crippen LogP contribution in [-0.2, 0) is 4.74 Å². The Morgan fingerprint density at radius 3 is 2.70 bits per heavy atom. The largest absolute Gasteiger partial charge is 0.459 e. The second-order valence-corrected chi connectivity index (χ2v) is 6.17. The first-order valence-electron chi connectivity index (χ1n) is 7.65. The summed E-state index contributed by atoms with van der Waals surface area (Å²) in [5, 5.41) is 3.06. The van der Waals surface area contributed by atoms with Crippen LogP contribution in [0.1, 0.15) is 30.3 Å². The zero-order chi connectivity index (χ0) is 16.4. The number of amides is 2. The summed E-state index contributed by atoms with van der Waals surface area (Å²) in [4.78, 5) is 27.5. The SMILES string of the molecule is CC1COC(=O)N1C1CCN(C(=S)NC(=O)c2ccco2)CC1. The molecule has 1 atom stereocenters. The maximum absolute atomic E-state index is 11.9. The predicted molar refractivity (Wildman–Crippen MR) is 86.0 cm³/mol. The number of hydrogen-bond acceptors (Lipinski definition) is 5. The van der Waals surface area contributed by atoms with Crippen LogP contribution in [0.15, 0.2) is 22.8 Å². The molecule has 0 radical (unpaired) electrons. The van der Waals surface area contributed by atoms with Gasteiger partial charge in [-0.1, -0.05) is 0 Å². The lowest BCUT2D eigenvalue weighted by atomic mass is 10.0. The number of ether oxygens (including phenoxy) is 1. The zero-order valence-corrected chi connectivity index (χ0v) is 13.7. The molecule has 1 unspecified atom stereocenters. The van der Waals surface area contributed by atoms with Gasteiger partial charge in [-0.05, 0) is 44.1 Å². The molecule has 0 bridgehead atoms. The highest BCUT2D eigenvalue weighted by Crippen LogP contribution is 2.23. The van der Waals surface area contributed by atoms with Gasteiger partial charge in [0.2, 0.25) is 0 Å². The van der Waals surface area contributed by atoms with Crippen molar-refractivity contribution in [2.45, 2.75) is 31.8 Å². The topological polar surface area (TPSA) is 75.0 Å².